The van der Waals surface area contributed by atoms with Gasteiger partial charge in [-0.15, -0.1) is 0 Å². The number of fused-ring (bicyclic) bond motifs is 2. The SMILES string of the molecule is [B]c1ccc2c(c1)C1(CCN(C(=O)OC(C)(C)C)CC1)C(=O)N2. The maximum absolute atomic E-state index is 12.5. The molecule has 1 N–H and O–H groups in total. The zero-order chi connectivity index (χ0) is 16.8. The van der Waals surface area contributed by atoms with Crippen molar-refractivity contribution < 1.29 is 14.3 Å². The Labute approximate surface area is 137 Å². The molecule has 23 heavy (non-hydrogen) atoms. The molecule has 1 spiro atoms. The van der Waals surface area contributed by atoms with Crippen molar-refractivity contribution in [1.29, 1.82) is 0 Å². The second kappa shape index (κ2) is 5.29. The van der Waals surface area contributed by atoms with Crippen LogP contribution in [-0.4, -0.2) is 43.4 Å². The van der Waals surface area contributed by atoms with E-state index in [9.17, 15) is 9.59 Å². The zero-order valence-electron chi connectivity index (χ0n) is 13.8. The van der Waals surface area contributed by atoms with Crippen molar-refractivity contribution in [3.63, 3.8) is 0 Å². The van der Waals surface area contributed by atoms with Crippen molar-refractivity contribution in [2.24, 2.45) is 0 Å². The molecule has 0 aromatic heterocycles. The lowest BCUT2D eigenvalue weighted by molar-refractivity contribution is -0.122. The van der Waals surface area contributed by atoms with Crippen LogP contribution in [-0.2, 0) is 14.9 Å². The second-order valence-electron chi connectivity index (χ2n) is 7.31. The maximum Gasteiger partial charge on any atom is 0.410 e. The van der Waals surface area contributed by atoms with Gasteiger partial charge in [0.05, 0.1) is 5.41 Å². The van der Waals surface area contributed by atoms with Gasteiger partial charge in [-0.3, -0.25) is 4.79 Å². The highest BCUT2D eigenvalue weighted by molar-refractivity contribution is 6.32. The van der Waals surface area contributed by atoms with Crippen LogP contribution in [0.2, 0.25) is 0 Å². The molecule has 1 fully saturated rings. The largest absolute Gasteiger partial charge is 0.444 e. The predicted octanol–water partition coefficient (Wildman–Crippen LogP) is 1.70. The van der Waals surface area contributed by atoms with E-state index in [-0.39, 0.29) is 12.0 Å². The van der Waals surface area contributed by atoms with Crippen molar-refractivity contribution in [1.82, 2.24) is 4.90 Å². The van der Waals surface area contributed by atoms with Gasteiger partial charge in [-0.2, -0.15) is 0 Å². The number of hydrogen-bond acceptors (Lipinski definition) is 3. The molecule has 1 saturated heterocycles. The van der Waals surface area contributed by atoms with Gasteiger partial charge in [0.1, 0.15) is 13.4 Å². The number of carbonyl (C=O) groups excluding carboxylic acids is 2. The third kappa shape index (κ3) is 2.82. The fourth-order valence-electron chi connectivity index (χ4n) is 3.32. The Hall–Kier alpha value is -1.98. The van der Waals surface area contributed by atoms with E-state index in [1.165, 1.54) is 0 Å². The third-order valence-corrected chi connectivity index (χ3v) is 4.51. The van der Waals surface area contributed by atoms with Gasteiger partial charge in [0.15, 0.2) is 0 Å². The molecule has 2 heterocycles. The highest BCUT2D eigenvalue weighted by atomic mass is 16.6. The molecule has 120 valence electrons. The van der Waals surface area contributed by atoms with Gasteiger partial charge < -0.3 is 15.0 Å². The van der Waals surface area contributed by atoms with Gasteiger partial charge >= 0.3 is 6.09 Å². The van der Waals surface area contributed by atoms with Crippen molar-refractivity contribution >= 4 is 31.0 Å². The van der Waals surface area contributed by atoms with Crippen LogP contribution in [0.15, 0.2) is 18.2 Å². The predicted molar refractivity (Wildman–Crippen MR) is 89.2 cm³/mol. The van der Waals surface area contributed by atoms with Gasteiger partial charge in [0, 0.05) is 18.8 Å². The highest BCUT2D eigenvalue weighted by Crippen LogP contribution is 2.44. The molecule has 3 rings (SSSR count). The summed E-state index contributed by atoms with van der Waals surface area (Å²) in [5, 5.41) is 2.94. The molecule has 0 aliphatic carbocycles. The summed E-state index contributed by atoms with van der Waals surface area (Å²) in [5.74, 6) is 0.00180. The summed E-state index contributed by atoms with van der Waals surface area (Å²) in [7, 11) is 5.89. The molecule has 2 amide bonds. The minimum absolute atomic E-state index is 0.00180. The number of nitrogens with zero attached hydrogens (tertiary/aromatic N) is 1. The van der Waals surface area contributed by atoms with Gasteiger partial charge in [0.2, 0.25) is 5.91 Å². The Morgan fingerprint density at radius 3 is 2.57 bits per heavy atom. The minimum Gasteiger partial charge on any atom is -0.444 e. The first-order valence-electron chi connectivity index (χ1n) is 7.91. The lowest BCUT2D eigenvalue weighted by Crippen LogP contribution is -2.49. The van der Waals surface area contributed by atoms with Gasteiger partial charge in [-0.25, -0.2) is 4.79 Å². The van der Waals surface area contributed by atoms with Crippen LogP contribution in [0, 0.1) is 0 Å². The Bertz CT molecular complexity index is 658. The molecule has 0 atom stereocenters. The Balaban J connectivity index is 1.78. The van der Waals surface area contributed by atoms with Crippen molar-refractivity contribution in [3.8, 4) is 0 Å². The summed E-state index contributed by atoms with van der Waals surface area (Å²) in [6.45, 7) is 6.53. The summed E-state index contributed by atoms with van der Waals surface area (Å²) < 4.78 is 5.41. The van der Waals surface area contributed by atoms with Crippen LogP contribution in [0.4, 0.5) is 10.5 Å². The number of piperidine rings is 1. The summed E-state index contributed by atoms with van der Waals surface area (Å²) in [4.78, 5) is 26.4. The Morgan fingerprint density at radius 1 is 1.30 bits per heavy atom. The Kier molecular flexibility index (Phi) is 3.66. The number of benzene rings is 1. The number of ether oxygens (including phenoxy) is 1. The van der Waals surface area contributed by atoms with Crippen LogP contribution in [0.5, 0.6) is 0 Å². The quantitative estimate of drug-likeness (QED) is 0.742. The summed E-state index contributed by atoms with van der Waals surface area (Å²) >= 11 is 0. The van der Waals surface area contributed by atoms with E-state index >= 15 is 0 Å². The van der Waals surface area contributed by atoms with Crippen LogP contribution in [0.1, 0.15) is 39.2 Å². The van der Waals surface area contributed by atoms with E-state index in [0.29, 0.717) is 31.4 Å². The molecule has 6 heteroatoms. The van der Waals surface area contributed by atoms with Crippen LogP contribution in [0.25, 0.3) is 0 Å². The zero-order valence-corrected chi connectivity index (χ0v) is 13.8. The first-order chi connectivity index (χ1) is 10.7. The molecule has 0 saturated carbocycles. The topological polar surface area (TPSA) is 58.6 Å². The summed E-state index contributed by atoms with van der Waals surface area (Å²) in [6.07, 6.45) is 0.835. The molecular weight excluding hydrogens is 291 g/mol. The number of likely N-dealkylation sites (tertiary alicyclic amines) is 1. The van der Waals surface area contributed by atoms with Crippen molar-refractivity contribution in [3.05, 3.63) is 23.8 Å². The third-order valence-electron chi connectivity index (χ3n) is 4.51. The highest BCUT2D eigenvalue weighted by Gasteiger charge is 2.49. The smallest absolute Gasteiger partial charge is 0.410 e. The summed E-state index contributed by atoms with van der Waals surface area (Å²) in [6, 6.07) is 5.50. The maximum atomic E-state index is 12.5. The average molecular weight is 312 g/mol. The van der Waals surface area contributed by atoms with Gasteiger partial charge in [-0.1, -0.05) is 17.6 Å². The molecular formula is C17H21BN2O3. The molecule has 2 radical (unpaired) electrons. The number of carbonyl (C=O) groups is 2. The lowest BCUT2D eigenvalue weighted by atomic mass is 9.72. The molecule has 0 bridgehead atoms. The number of rotatable bonds is 0. The number of hydrogen-bond donors (Lipinski definition) is 1. The molecule has 5 nitrogen and oxygen atoms in total. The molecule has 0 unspecified atom stereocenters. The molecule has 1 aromatic carbocycles. The van der Waals surface area contributed by atoms with E-state index < -0.39 is 11.0 Å². The average Bonchev–Trinajstić information content (AvgIpc) is 2.71. The normalized spacial score (nSPS) is 19.4. The molecule has 2 aliphatic heterocycles. The summed E-state index contributed by atoms with van der Waals surface area (Å²) in [5.41, 5.74) is 1.33. The van der Waals surface area contributed by atoms with E-state index in [2.05, 4.69) is 5.32 Å². The first-order valence-corrected chi connectivity index (χ1v) is 7.91. The second-order valence-corrected chi connectivity index (χ2v) is 7.31. The minimum atomic E-state index is -0.580. The van der Waals surface area contributed by atoms with Crippen molar-refractivity contribution in [2.45, 2.75) is 44.6 Å². The first kappa shape index (κ1) is 15.9. The van der Waals surface area contributed by atoms with E-state index in [1.54, 1.807) is 11.0 Å². The monoisotopic (exact) mass is 312 g/mol. The number of amides is 2. The van der Waals surface area contributed by atoms with E-state index in [1.807, 2.05) is 32.9 Å². The fourth-order valence-corrected chi connectivity index (χ4v) is 3.32. The van der Waals surface area contributed by atoms with Crippen LogP contribution < -0.4 is 10.8 Å². The van der Waals surface area contributed by atoms with Gasteiger partial charge in [-0.05, 0) is 45.2 Å². The van der Waals surface area contributed by atoms with E-state index in [4.69, 9.17) is 12.6 Å². The fraction of sp³-hybridized carbons (Fsp3) is 0.529. The van der Waals surface area contributed by atoms with Crippen LogP contribution in [0.3, 0.4) is 0 Å². The number of anilines is 1. The molecule has 2 aliphatic rings. The number of nitrogens with one attached hydrogen (secondary N) is 1. The standard InChI is InChI=1S/C17H21BN2O3/c1-16(2,3)23-15(22)20-8-6-17(7-9-20)12-10-11(18)4-5-13(12)19-14(17)21/h4-5,10H,6-9H2,1-3H3,(H,19,21). The van der Waals surface area contributed by atoms with E-state index in [0.717, 1.165) is 11.3 Å². The van der Waals surface area contributed by atoms with Crippen molar-refractivity contribution in [2.75, 3.05) is 18.4 Å². The molecule has 1 aromatic rings. The Morgan fingerprint density at radius 2 is 1.96 bits per heavy atom. The van der Waals surface area contributed by atoms with Gasteiger partial charge in [0.25, 0.3) is 0 Å². The van der Waals surface area contributed by atoms with Crippen LogP contribution >= 0.6 is 0 Å². The lowest BCUT2D eigenvalue weighted by Gasteiger charge is -2.38.